The largest absolute Gasteiger partial charge is 0.423 e. The summed E-state index contributed by atoms with van der Waals surface area (Å²) >= 11 is 0. The van der Waals surface area contributed by atoms with E-state index in [9.17, 15) is 5.26 Å². The lowest BCUT2D eigenvalue weighted by molar-refractivity contribution is 0.209. The Morgan fingerprint density at radius 1 is 0.788 bits per heavy atom. The van der Waals surface area contributed by atoms with E-state index in [4.69, 9.17) is 4.42 Å². The molecule has 5 rings (SSSR count). The van der Waals surface area contributed by atoms with Crippen molar-refractivity contribution in [3.63, 3.8) is 0 Å². The molecule has 0 unspecified atom stereocenters. The Morgan fingerprint density at radius 3 is 1.88 bits per heavy atom. The molecule has 0 saturated carbocycles. The van der Waals surface area contributed by atoms with Crippen molar-refractivity contribution < 1.29 is 4.42 Å². The number of oxazole rings is 1. The van der Waals surface area contributed by atoms with Crippen LogP contribution in [0.15, 0.2) is 95.4 Å². The third-order valence-corrected chi connectivity index (χ3v) is 6.15. The smallest absolute Gasteiger partial charge is 0.234 e. The van der Waals surface area contributed by atoms with Gasteiger partial charge in [-0.2, -0.15) is 5.26 Å². The summed E-state index contributed by atoms with van der Waals surface area (Å²) in [7, 11) is 0. The SMILES string of the molecule is N#Cc1nc(Cc2ccccc2)oc1N1CCN(C(c2ccccc2)c2ccccc2)CC1. The molecular formula is C28H26N4O. The topological polar surface area (TPSA) is 56.3 Å². The molecule has 0 amide bonds. The first kappa shape index (κ1) is 21.0. The van der Waals surface area contributed by atoms with Crippen molar-refractivity contribution in [2.24, 2.45) is 0 Å². The Hall–Kier alpha value is -3.88. The van der Waals surface area contributed by atoms with Crippen LogP contribution in [-0.2, 0) is 6.42 Å². The third kappa shape index (κ3) is 4.67. The zero-order valence-electron chi connectivity index (χ0n) is 18.5. The second kappa shape index (κ2) is 9.72. The molecule has 1 aliphatic heterocycles. The minimum absolute atomic E-state index is 0.202. The normalized spacial score (nSPS) is 14.4. The minimum atomic E-state index is 0.202. The number of nitriles is 1. The van der Waals surface area contributed by atoms with E-state index in [0.717, 1.165) is 31.7 Å². The van der Waals surface area contributed by atoms with E-state index in [-0.39, 0.29) is 6.04 Å². The summed E-state index contributed by atoms with van der Waals surface area (Å²) in [6.45, 7) is 3.30. The summed E-state index contributed by atoms with van der Waals surface area (Å²) in [6.07, 6.45) is 0.583. The molecule has 4 aromatic rings. The first-order valence-corrected chi connectivity index (χ1v) is 11.3. The van der Waals surface area contributed by atoms with Crippen molar-refractivity contribution in [2.75, 3.05) is 31.1 Å². The van der Waals surface area contributed by atoms with Gasteiger partial charge in [0.1, 0.15) is 6.07 Å². The van der Waals surface area contributed by atoms with Gasteiger partial charge < -0.3 is 9.32 Å². The van der Waals surface area contributed by atoms with Crippen LogP contribution in [0.5, 0.6) is 0 Å². The molecule has 33 heavy (non-hydrogen) atoms. The van der Waals surface area contributed by atoms with Crippen molar-refractivity contribution in [2.45, 2.75) is 12.5 Å². The van der Waals surface area contributed by atoms with Crippen molar-refractivity contribution in [1.29, 1.82) is 5.26 Å². The molecule has 2 heterocycles. The lowest BCUT2D eigenvalue weighted by Crippen LogP contribution is -2.48. The van der Waals surface area contributed by atoms with E-state index < -0.39 is 0 Å². The van der Waals surface area contributed by atoms with Gasteiger partial charge in [-0.25, -0.2) is 4.98 Å². The van der Waals surface area contributed by atoms with E-state index >= 15 is 0 Å². The van der Waals surface area contributed by atoms with E-state index in [1.807, 2.05) is 30.3 Å². The monoisotopic (exact) mass is 434 g/mol. The number of rotatable bonds is 6. The Bertz CT molecular complexity index is 1170. The van der Waals surface area contributed by atoms with Gasteiger partial charge in [0.25, 0.3) is 0 Å². The summed E-state index contributed by atoms with van der Waals surface area (Å²) in [6, 6.07) is 33.8. The molecule has 5 heteroatoms. The van der Waals surface area contributed by atoms with Crippen LogP contribution in [-0.4, -0.2) is 36.1 Å². The second-order valence-electron chi connectivity index (χ2n) is 8.28. The van der Waals surface area contributed by atoms with Crippen LogP contribution in [0.2, 0.25) is 0 Å². The molecular weight excluding hydrogens is 408 g/mol. The van der Waals surface area contributed by atoms with Crippen LogP contribution < -0.4 is 4.90 Å². The molecule has 5 nitrogen and oxygen atoms in total. The van der Waals surface area contributed by atoms with E-state index in [0.29, 0.717) is 23.9 Å². The van der Waals surface area contributed by atoms with Crippen molar-refractivity contribution in [3.05, 3.63) is 119 Å². The fourth-order valence-electron chi connectivity index (χ4n) is 4.56. The van der Waals surface area contributed by atoms with Crippen LogP contribution in [0, 0.1) is 11.3 Å². The molecule has 1 aliphatic rings. The highest BCUT2D eigenvalue weighted by atomic mass is 16.4. The molecule has 0 spiro atoms. The highest BCUT2D eigenvalue weighted by Gasteiger charge is 2.29. The first-order chi connectivity index (χ1) is 16.3. The first-order valence-electron chi connectivity index (χ1n) is 11.3. The number of hydrogen-bond donors (Lipinski definition) is 0. The van der Waals surface area contributed by atoms with Gasteiger partial charge >= 0.3 is 0 Å². The standard InChI is InChI=1S/C28H26N4O/c29-21-25-28(33-26(30-25)20-22-10-4-1-5-11-22)32-18-16-31(17-19-32)27(23-12-6-2-7-13-23)24-14-8-3-9-15-24/h1-15,27H,16-20H2. The van der Waals surface area contributed by atoms with Crippen LogP contribution in [0.1, 0.15) is 34.3 Å². The average molecular weight is 435 g/mol. The minimum Gasteiger partial charge on any atom is -0.423 e. The fourth-order valence-corrected chi connectivity index (χ4v) is 4.56. The molecule has 3 aromatic carbocycles. The zero-order chi connectivity index (χ0) is 22.5. The van der Waals surface area contributed by atoms with Gasteiger partial charge in [-0.15, -0.1) is 0 Å². The third-order valence-electron chi connectivity index (χ3n) is 6.15. The molecule has 0 radical (unpaired) electrons. The number of aromatic nitrogens is 1. The maximum absolute atomic E-state index is 9.66. The second-order valence-corrected chi connectivity index (χ2v) is 8.28. The summed E-state index contributed by atoms with van der Waals surface area (Å²) < 4.78 is 6.09. The van der Waals surface area contributed by atoms with Gasteiger partial charge in [-0.3, -0.25) is 4.90 Å². The van der Waals surface area contributed by atoms with Crippen molar-refractivity contribution >= 4 is 5.88 Å². The zero-order valence-corrected chi connectivity index (χ0v) is 18.5. The summed E-state index contributed by atoms with van der Waals surface area (Å²) in [5.41, 5.74) is 4.07. The average Bonchev–Trinajstić information content (AvgIpc) is 3.29. The van der Waals surface area contributed by atoms with Crippen LogP contribution in [0.3, 0.4) is 0 Å². The molecule has 0 atom stereocenters. The van der Waals surface area contributed by atoms with Gasteiger partial charge in [-0.05, 0) is 16.7 Å². The number of nitrogens with zero attached hydrogens (tertiary/aromatic N) is 4. The molecule has 0 aliphatic carbocycles. The predicted octanol–water partition coefficient (Wildman–Crippen LogP) is 5.05. The molecule has 1 fully saturated rings. The van der Waals surface area contributed by atoms with Gasteiger partial charge in [-0.1, -0.05) is 91.0 Å². The predicted molar refractivity (Wildman–Crippen MR) is 129 cm³/mol. The number of benzene rings is 3. The molecule has 1 saturated heterocycles. The molecule has 0 bridgehead atoms. The lowest BCUT2D eigenvalue weighted by Gasteiger charge is -2.39. The Morgan fingerprint density at radius 2 is 1.33 bits per heavy atom. The highest BCUT2D eigenvalue weighted by Crippen LogP contribution is 2.31. The maximum Gasteiger partial charge on any atom is 0.234 e. The molecule has 0 N–H and O–H groups in total. The van der Waals surface area contributed by atoms with Crippen LogP contribution in [0.4, 0.5) is 5.88 Å². The Labute approximate surface area is 194 Å². The van der Waals surface area contributed by atoms with Gasteiger partial charge in [0.05, 0.1) is 6.04 Å². The fraction of sp³-hybridized carbons (Fsp3) is 0.214. The number of hydrogen-bond acceptors (Lipinski definition) is 5. The van der Waals surface area contributed by atoms with Crippen molar-refractivity contribution in [1.82, 2.24) is 9.88 Å². The Balaban J connectivity index is 1.34. The van der Waals surface area contributed by atoms with E-state index in [1.54, 1.807) is 0 Å². The van der Waals surface area contributed by atoms with E-state index in [1.165, 1.54) is 11.1 Å². The number of piperazine rings is 1. The van der Waals surface area contributed by atoms with E-state index in [2.05, 4.69) is 81.5 Å². The van der Waals surface area contributed by atoms with Crippen LogP contribution in [0.25, 0.3) is 0 Å². The summed E-state index contributed by atoms with van der Waals surface area (Å²) in [4.78, 5) is 9.13. The Kier molecular flexibility index (Phi) is 6.19. The molecule has 1 aromatic heterocycles. The number of anilines is 1. The lowest BCUT2D eigenvalue weighted by atomic mass is 9.96. The molecule has 164 valence electrons. The van der Waals surface area contributed by atoms with Gasteiger partial charge in [0.2, 0.25) is 17.5 Å². The summed E-state index contributed by atoms with van der Waals surface area (Å²) in [5.74, 6) is 1.18. The van der Waals surface area contributed by atoms with Gasteiger partial charge in [0, 0.05) is 32.6 Å². The van der Waals surface area contributed by atoms with Crippen molar-refractivity contribution in [3.8, 4) is 6.07 Å². The quantitative estimate of drug-likeness (QED) is 0.425. The summed E-state index contributed by atoms with van der Waals surface area (Å²) in [5, 5.41) is 9.66. The maximum atomic E-state index is 9.66. The van der Waals surface area contributed by atoms with Crippen LogP contribution >= 0.6 is 0 Å². The highest BCUT2D eigenvalue weighted by molar-refractivity contribution is 5.49. The van der Waals surface area contributed by atoms with Gasteiger partial charge in [0.15, 0.2) is 0 Å².